The zero-order valence-corrected chi connectivity index (χ0v) is 16.0. The first-order valence-corrected chi connectivity index (χ1v) is 10.3. The highest BCUT2D eigenvalue weighted by atomic mass is 32.2. The third-order valence-electron chi connectivity index (χ3n) is 4.53. The van der Waals surface area contributed by atoms with Gasteiger partial charge in [0.05, 0.1) is 23.7 Å². The molecule has 0 spiro atoms. The standard InChI is InChI=1S/C18H23N3O4S/c1-4-25-18(22)17-15-12-20(26(23,24)5-2)11-10-16(15)21(19-17)14-8-6-13(3)7-9-14/h6-9H,4-5,10-12H2,1-3H3. The monoisotopic (exact) mass is 377 g/mol. The molecule has 0 bridgehead atoms. The van der Waals surface area contributed by atoms with Crippen molar-refractivity contribution in [2.45, 2.75) is 33.7 Å². The van der Waals surface area contributed by atoms with E-state index in [1.165, 1.54) is 4.31 Å². The van der Waals surface area contributed by atoms with Crippen molar-refractivity contribution in [2.75, 3.05) is 18.9 Å². The fraction of sp³-hybridized carbons (Fsp3) is 0.444. The number of esters is 1. The molecule has 26 heavy (non-hydrogen) atoms. The fourth-order valence-corrected chi connectivity index (χ4v) is 4.14. The maximum atomic E-state index is 12.4. The number of ether oxygens (including phenoxy) is 1. The largest absolute Gasteiger partial charge is 0.461 e. The molecule has 3 rings (SSSR count). The first-order valence-electron chi connectivity index (χ1n) is 8.70. The molecule has 0 amide bonds. The molecule has 0 atom stereocenters. The Balaban J connectivity index is 2.09. The minimum Gasteiger partial charge on any atom is -0.461 e. The SMILES string of the molecule is CCOC(=O)c1nn(-c2ccc(C)cc2)c2c1CN(S(=O)(=O)CC)CC2. The van der Waals surface area contributed by atoms with Crippen LogP contribution in [0.15, 0.2) is 24.3 Å². The van der Waals surface area contributed by atoms with Gasteiger partial charge in [0.25, 0.3) is 0 Å². The van der Waals surface area contributed by atoms with Crippen molar-refractivity contribution in [1.82, 2.24) is 14.1 Å². The summed E-state index contributed by atoms with van der Waals surface area (Å²) in [5, 5.41) is 4.47. The molecule has 0 saturated heterocycles. The zero-order chi connectivity index (χ0) is 18.9. The third kappa shape index (κ3) is 3.39. The number of hydrogen-bond acceptors (Lipinski definition) is 5. The van der Waals surface area contributed by atoms with Crippen molar-refractivity contribution in [3.05, 3.63) is 46.8 Å². The lowest BCUT2D eigenvalue weighted by Gasteiger charge is -2.26. The second-order valence-corrected chi connectivity index (χ2v) is 8.48. The van der Waals surface area contributed by atoms with Gasteiger partial charge in [-0.1, -0.05) is 17.7 Å². The van der Waals surface area contributed by atoms with E-state index in [0.717, 1.165) is 16.9 Å². The first kappa shape index (κ1) is 18.6. The van der Waals surface area contributed by atoms with E-state index in [0.29, 0.717) is 18.5 Å². The van der Waals surface area contributed by atoms with Crippen LogP contribution in [-0.2, 0) is 27.7 Å². The number of nitrogens with zero attached hydrogens (tertiary/aromatic N) is 3. The van der Waals surface area contributed by atoms with Crippen LogP contribution in [0.4, 0.5) is 0 Å². The Morgan fingerprint density at radius 2 is 1.92 bits per heavy atom. The van der Waals surface area contributed by atoms with E-state index in [9.17, 15) is 13.2 Å². The van der Waals surface area contributed by atoms with Gasteiger partial charge in [-0.15, -0.1) is 0 Å². The molecule has 1 aliphatic heterocycles. The molecular weight excluding hydrogens is 354 g/mol. The molecule has 0 aliphatic carbocycles. The van der Waals surface area contributed by atoms with Crippen LogP contribution >= 0.6 is 0 Å². The van der Waals surface area contributed by atoms with E-state index in [-0.39, 0.29) is 24.6 Å². The van der Waals surface area contributed by atoms with Gasteiger partial charge in [-0.05, 0) is 32.9 Å². The van der Waals surface area contributed by atoms with E-state index >= 15 is 0 Å². The highest BCUT2D eigenvalue weighted by Gasteiger charge is 2.33. The number of carbonyl (C=O) groups is 1. The van der Waals surface area contributed by atoms with Gasteiger partial charge in [0, 0.05) is 25.1 Å². The minimum atomic E-state index is -3.34. The number of fused-ring (bicyclic) bond motifs is 1. The summed E-state index contributed by atoms with van der Waals surface area (Å²) >= 11 is 0. The number of aryl methyl sites for hydroxylation is 1. The number of rotatable bonds is 5. The van der Waals surface area contributed by atoms with E-state index < -0.39 is 16.0 Å². The van der Waals surface area contributed by atoms with Crippen LogP contribution in [0.3, 0.4) is 0 Å². The maximum absolute atomic E-state index is 12.4. The minimum absolute atomic E-state index is 0.0309. The maximum Gasteiger partial charge on any atom is 0.359 e. The van der Waals surface area contributed by atoms with Crippen molar-refractivity contribution >= 4 is 16.0 Å². The van der Waals surface area contributed by atoms with Crippen molar-refractivity contribution in [3.63, 3.8) is 0 Å². The summed E-state index contributed by atoms with van der Waals surface area (Å²) in [7, 11) is -3.34. The second-order valence-electron chi connectivity index (χ2n) is 6.23. The van der Waals surface area contributed by atoms with Crippen molar-refractivity contribution < 1.29 is 17.9 Å². The van der Waals surface area contributed by atoms with Crippen LogP contribution in [0.1, 0.15) is 41.2 Å². The quantitative estimate of drug-likeness (QED) is 0.745. The highest BCUT2D eigenvalue weighted by Crippen LogP contribution is 2.27. The van der Waals surface area contributed by atoms with Gasteiger partial charge in [-0.2, -0.15) is 9.40 Å². The molecule has 7 nitrogen and oxygen atoms in total. The molecule has 0 fully saturated rings. The highest BCUT2D eigenvalue weighted by molar-refractivity contribution is 7.89. The summed E-state index contributed by atoms with van der Waals surface area (Å²) < 4.78 is 32.8. The summed E-state index contributed by atoms with van der Waals surface area (Å²) in [5.41, 5.74) is 3.65. The molecule has 0 unspecified atom stereocenters. The Bertz CT molecular complexity index is 917. The summed E-state index contributed by atoms with van der Waals surface area (Å²) in [5.74, 6) is -0.492. The predicted molar refractivity (Wildman–Crippen MR) is 97.8 cm³/mol. The van der Waals surface area contributed by atoms with Crippen molar-refractivity contribution in [3.8, 4) is 5.69 Å². The zero-order valence-electron chi connectivity index (χ0n) is 15.2. The third-order valence-corrected chi connectivity index (χ3v) is 6.36. The Morgan fingerprint density at radius 1 is 1.23 bits per heavy atom. The van der Waals surface area contributed by atoms with E-state index in [4.69, 9.17) is 4.74 Å². The fourth-order valence-electron chi connectivity index (χ4n) is 3.08. The van der Waals surface area contributed by atoms with E-state index in [2.05, 4.69) is 5.10 Å². The number of sulfonamides is 1. The van der Waals surface area contributed by atoms with Gasteiger partial charge in [0.1, 0.15) is 0 Å². The Hall–Kier alpha value is -2.19. The molecule has 8 heteroatoms. The number of carbonyl (C=O) groups excluding carboxylic acids is 1. The van der Waals surface area contributed by atoms with Crippen molar-refractivity contribution in [1.29, 1.82) is 0 Å². The lowest BCUT2D eigenvalue weighted by molar-refractivity contribution is 0.0517. The molecule has 1 aliphatic rings. The van der Waals surface area contributed by atoms with Gasteiger partial charge >= 0.3 is 5.97 Å². The second kappa shape index (κ2) is 7.20. The predicted octanol–water partition coefficient (Wildman–Crippen LogP) is 2.07. The summed E-state index contributed by atoms with van der Waals surface area (Å²) in [6.45, 7) is 6.11. The summed E-state index contributed by atoms with van der Waals surface area (Å²) in [6.07, 6.45) is 0.495. The first-order chi connectivity index (χ1) is 12.4. The lowest BCUT2D eigenvalue weighted by Crippen LogP contribution is -2.37. The van der Waals surface area contributed by atoms with Crippen LogP contribution in [-0.4, -0.2) is 47.4 Å². The molecule has 1 aromatic heterocycles. The van der Waals surface area contributed by atoms with Gasteiger partial charge < -0.3 is 4.74 Å². The number of hydrogen-bond donors (Lipinski definition) is 0. The lowest BCUT2D eigenvalue weighted by atomic mass is 10.1. The molecule has 1 aromatic carbocycles. The Morgan fingerprint density at radius 3 is 2.54 bits per heavy atom. The number of aromatic nitrogens is 2. The van der Waals surface area contributed by atoms with Crippen LogP contribution in [0.25, 0.3) is 5.69 Å². The topological polar surface area (TPSA) is 81.5 Å². The van der Waals surface area contributed by atoms with E-state index in [1.54, 1.807) is 18.5 Å². The summed E-state index contributed by atoms with van der Waals surface area (Å²) in [4.78, 5) is 12.4. The van der Waals surface area contributed by atoms with Gasteiger partial charge in [0.2, 0.25) is 10.0 Å². The molecule has 0 saturated carbocycles. The van der Waals surface area contributed by atoms with Gasteiger partial charge in [-0.3, -0.25) is 0 Å². The Kier molecular flexibility index (Phi) is 5.15. The smallest absolute Gasteiger partial charge is 0.359 e. The van der Waals surface area contributed by atoms with Gasteiger partial charge in [0.15, 0.2) is 5.69 Å². The molecule has 2 heterocycles. The molecular formula is C18H23N3O4S. The van der Waals surface area contributed by atoms with Crippen LogP contribution < -0.4 is 0 Å². The Labute approximate surface area is 153 Å². The molecule has 2 aromatic rings. The molecule has 140 valence electrons. The number of benzene rings is 1. The van der Waals surface area contributed by atoms with Crippen molar-refractivity contribution in [2.24, 2.45) is 0 Å². The van der Waals surface area contributed by atoms with Crippen LogP contribution in [0.5, 0.6) is 0 Å². The van der Waals surface area contributed by atoms with E-state index in [1.807, 2.05) is 31.2 Å². The van der Waals surface area contributed by atoms with Gasteiger partial charge in [-0.25, -0.2) is 17.9 Å². The molecule has 0 N–H and O–H groups in total. The van der Waals surface area contributed by atoms with Crippen LogP contribution in [0.2, 0.25) is 0 Å². The van der Waals surface area contributed by atoms with Crippen LogP contribution in [0, 0.1) is 6.92 Å². The normalized spacial score (nSPS) is 14.9. The average molecular weight is 377 g/mol. The molecule has 0 radical (unpaired) electrons. The summed E-state index contributed by atoms with van der Waals surface area (Å²) in [6, 6.07) is 7.83. The average Bonchev–Trinajstić information content (AvgIpc) is 3.01.